The van der Waals surface area contributed by atoms with Crippen LogP contribution in [0.4, 0.5) is 5.69 Å². The number of nitrogens with one attached hydrogen (secondary N) is 1. The summed E-state index contributed by atoms with van der Waals surface area (Å²) in [6.45, 7) is 13.0. The largest absolute Gasteiger partial charge is 0.465 e. The van der Waals surface area contributed by atoms with E-state index in [1.807, 2.05) is 12.1 Å². The molecule has 2 aromatic carbocycles. The van der Waals surface area contributed by atoms with E-state index in [9.17, 15) is 9.59 Å². The minimum absolute atomic E-state index is 0.0249. The molecular formula is C23H29NO3. The zero-order valence-electron chi connectivity index (χ0n) is 17.3. The van der Waals surface area contributed by atoms with E-state index in [0.717, 1.165) is 5.69 Å². The molecule has 144 valence electrons. The van der Waals surface area contributed by atoms with Crippen LogP contribution in [0.15, 0.2) is 42.5 Å². The van der Waals surface area contributed by atoms with E-state index in [4.69, 9.17) is 0 Å². The Morgan fingerprint density at radius 2 is 1.22 bits per heavy atom. The third-order valence-corrected chi connectivity index (χ3v) is 4.49. The van der Waals surface area contributed by atoms with E-state index in [2.05, 4.69) is 57.7 Å². The Morgan fingerprint density at radius 1 is 0.778 bits per heavy atom. The number of hydrogen-bond donors (Lipinski definition) is 1. The van der Waals surface area contributed by atoms with Gasteiger partial charge >= 0.3 is 5.97 Å². The molecule has 0 aliphatic heterocycles. The fourth-order valence-corrected chi connectivity index (χ4v) is 2.64. The average molecular weight is 367 g/mol. The van der Waals surface area contributed by atoms with Crippen LogP contribution in [-0.2, 0) is 15.6 Å². The summed E-state index contributed by atoms with van der Waals surface area (Å²) in [6.07, 6.45) is 0. The van der Waals surface area contributed by atoms with E-state index >= 15 is 0 Å². The molecular weight excluding hydrogens is 338 g/mol. The average Bonchev–Trinajstić information content (AvgIpc) is 2.59. The summed E-state index contributed by atoms with van der Waals surface area (Å²) in [5.74, 6) is -0.632. The molecule has 0 heterocycles. The lowest BCUT2D eigenvalue weighted by Crippen LogP contribution is -2.19. The van der Waals surface area contributed by atoms with Gasteiger partial charge in [0, 0.05) is 11.3 Å². The molecule has 0 aromatic heterocycles. The maximum Gasteiger partial charge on any atom is 0.337 e. The summed E-state index contributed by atoms with van der Waals surface area (Å²) < 4.78 is 4.68. The highest BCUT2D eigenvalue weighted by molar-refractivity contribution is 6.05. The van der Waals surface area contributed by atoms with Crippen molar-refractivity contribution < 1.29 is 14.3 Å². The fourth-order valence-electron chi connectivity index (χ4n) is 2.64. The van der Waals surface area contributed by atoms with Gasteiger partial charge in [-0.25, -0.2) is 4.79 Å². The molecule has 0 fully saturated rings. The van der Waals surface area contributed by atoms with Gasteiger partial charge in [0.1, 0.15) is 0 Å². The summed E-state index contributed by atoms with van der Waals surface area (Å²) in [5.41, 5.74) is 3.97. The number of amides is 1. The van der Waals surface area contributed by atoms with Crippen molar-refractivity contribution in [2.45, 2.75) is 52.4 Å². The van der Waals surface area contributed by atoms with Gasteiger partial charge in [-0.05, 0) is 58.4 Å². The normalized spacial score (nSPS) is 11.8. The maximum atomic E-state index is 12.7. The highest BCUT2D eigenvalue weighted by Crippen LogP contribution is 2.32. The van der Waals surface area contributed by atoms with Crippen LogP contribution in [0.2, 0.25) is 0 Å². The summed E-state index contributed by atoms with van der Waals surface area (Å²) in [5, 5.41) is 2.99. The van der Waals surface area contributed by atoms with Gasteiger partial charge in [-0.15, -0.1) is 0 Å². The van der Waals surface area contributed by atoms with E-state index in [-0.39, 0.29) is 16.7 Å². The zero-order chi connectivity index (χ0) is 20.4. The smallest absolute Gasteiger partial charge is 0.337 e. The molecule has 0 unspecified atom stereocenters. The number of methoxy groups -OCH3 is 1. The van der Waals surface area contributed by atoms with Crippen LogP contribution in [0.1, 0.15) is 73.4 Å². The zero-order valence-corrected chi connectivity index (χ0v) is 17.3. The fraction of sp³-hybridized carbons (Fsp3) is 0.391. The third kappa shape index (κ3) is 5.19. The van der Waals surface area contributed by atoms with Crippen molar-refractivity contribution in [1.29, 1.82) is 0 Å². The van der Waals surface area contributed by atoms with Crippen molar-refractivity contribution in [3.8, 4) is 0 Å². The Labute approximate surface area is 161 Å². The number of ether oxygens (including phenoxy) is 1. The van der Waals surface area contributed by atoms with Gasteiger partial charge in [0.2, 0.25) is 0 Å². The van der Waals surface area contributed by atoms with E-state index < -0.39 is 5.97 Å². The lowest BCUT2D eigenvalue weighted by Gasteiger charge is -2.26. The standard InChI is InChI=1S/C23H29NO3/c1-22(2,3)17-12-18(23(4,5)6)14-19(13-17)24-20(25)15-8-10-16(11-9-15)21(26)27-7/h8-14H,1-7H3,(H,24,25). The van der Waals surface area contributed by atoms with Crippen LogP contribution in [-0.4, -0.2) is 19.0 Å². The van der Waals surface area contributed by atoms with Crippen molar-refractivity contribution in [3.05, 3.63) is 64.7 Å². The topological polar surface area (TPSA) is 55.4 Å². The molecule has 0 bridgehead atoms. The summed E-state index contributed by atoms with van der Waals surface area (Å²) >= 11 is 0. The van der Waals surface area contributed by atoms with Crippen LogP contribution in [0.25, 0.3) is 0 Å². The summed E-state index contributed by atoms with van der Waals surface area (Å²) in [6, 6.07) is 12.7. The second-order valence-corrected chi connectivity index (χ2v) is 8.82. The first kappa shape index (κ1) is 20.7. The van der Waals surface area contributed by atoms with Gasteiger partial charge in [0.15, 0.2) is 0 Å². The van der Waals surface area contributed by atoms with Crippen LogP contribution in [0.5, 0.6) is 0 Å². The first-order chi connectivity index (χ1) is 12.4. The second-order valence-electron chi connectivity index (χ2n) is 8.82. The quantitative estimate of drug-likeness (QED) is 0.747. The Balaban J connectivity index is 2.33. The number of carbonyl (C=O) groups is 2. The van der Waals surface area contributed by atoms with Crippen molar-refractivity contribution >= 4 is 17.6 Å². The molecule has 0 radical (unpaired) electrons. The summed E-state index contributed by atoms with van der Waals surface area (Å²) in [7, 11) is 1.33. The van der Waals surface area contributed by atoms with Crippen LogP contribution < -0.4 is 5.32 Å². The lowest BCUT2D eigenvalue weighted by molar-refractivity contribution is 0.0600. The minimum Gasteiger partial charge on any atom is -0.465 e. The van der Waals surface area contributed by atoms with Gasteiger partial charge in [0.25, 0.3) is 5.91 Å². The molecule has 0 aliphatic carbocycles. The molecule has 27 heavy (non-hydrogen) atoms. The Hall–Kier alpha value is -2.62. The Bertz CT molecular complexity index is 805. The molecule has 0 aliphatic rings. The highest BCUT2D eigenvalue weighted by Gasteiger charge is 2.21. The monoisotopic (exact) mass is 367 g/mol. The van der Waals surface area contributed by atoms with E-state index in [1.165, 1.54) is 18.2 Å². The van der Waals surface area contributed by atoms with Gasteiger partial charge in [-0.2, -0.15) is 0 Å². The first-order valence-electron chi connectivity index (χ1n) is 9.07. The Morgan fingerprint density at radius 3 is 1.63 bits per heavy atom. The molecule has 4 nitrogen and oxygen atoms in total. The SMILES string of the molecule is COC(=O)c1ccc(C(=O)Nc2cc(C(C)(C)C)cc(C(C)(C)C)c2)cc1. The third-order valence-electron chi connectivity index (χ3n) is 4.49. The van der Waals surface area contributed by atoms with Gasteiger partial charge in [0.05, 0.1) is 12.7 Å². The number of hydrogen-bond acceptors (Lipinski definition) is 3. The number of benzene rings is 2. The number of anilines is 1. The molecule has 0 saturated heterocycles. The van der Waals surface area contributed by atoms with Crippen LogP contribution in [0.3, 0.4) is 0 Å². The van der Waals surface area contributed by atoms with Crippen molar-refractivity contribution in [1.82, 2.24) is 0 Å². The molecule has 2 rings (SSSR count). The second kappa shape index (κ2) is 7.55. The minimum atomic E-state index is -0.422. The van der Waals surface area contributed by atoms with E-state index in [1.54, 1.807) is 24.3 Å². The van der Waals surface area contributed by atoms with Crippen molar-refractivity contribution in [2.24, 2.45) is 0 Å². The van der Waals surface area contributed by atoms with E-state index in [0.29, 0.717) is 11.1 Å². The molecule has 0 saturated carbocycles. The van der Waals surface area contributed by atoms with Gasteiger partial charge in [-0.1, -0.05) is 47.6 Å². The number of rotatable bonds is 3. The predicted molar refractivity (Wildman–Crippen MR) is 110 cm³/mol. The molecule has 1 N–H and O–H groups in total. The van der Waals surface area contributed by atoms with Crippen LogP contribution in [0, 0.1) is 0 Å². The molecule has 4 heteroatoms. The molecule has 1 amide bonds. The maximum absolute atomic E-state index is 12.7. The lowest BCUT2D eigenvalue weighted by atomic mass is 9.80. The highest BCUT2D eigenvalue weighted by atomic mass is 16.5. The first-order valence-corrected chi connectivity index (χ1v) is 9.07. The molecule has 0 spiro atoms. The Kier molecular flexibility index (Phi) is 5.79. The van der Waals surface area contributed by atoms with Crippen molar-refractivity contribution in [2.75, 3.05) is 12.4 Å². The van der Waals surface area contributed by atoms with Gasteiger partial charge in [-0.3, -0.25) is 4.79 Å². The van der Waals surface area contributed by atoms with Crippen molar-refractivity contribution in [3.63, 3.8) is 0 Å². The molecule has 0 atom stereocenters. The van der Waals surface area contributed by atoms with Crippen LogP contribution >= 0.6 is 0 Å². The predicted octanol–water partition coefficient (Wildman–Crippen LogP) is 5.32. The number of carbonyl (C=O) groups excluding carboxylic acids is 2. The molecule has 2 aromatic rings. The van der Waals surface area contributed by atoms with Gasteiger partial charge < -0.3 is 10.1 Å². The number of esters is 1. The summed E-state index contributed by atoms with van der Waals surface area (Å²) in [4.78, 5) is 24.2.